The van der Waals surface area contributed by atoms with E-state index in [4.69, 9.17) is 18.7 Å². The average molecular weight is 690 g/mol. The van der Waals surface area contributed by atoms with Crippen LogP contribution < -0.4 is 0 Å². The zero-order valence-electron chi connectivity index (χ0n) is 29.4. The van der Waals surface area contributed by atoms with E-state index >= 15 is 0 Å². The van der Waals surface area contributed by atoms with Crippen LogP contribution >= 0.6 is 7.82 Å². The summed E-state index contributed by atoms with van der Waals surface area (Å²) in [6.07, 6.45) is 25.2. The van der Waals surface area contributed by atoms with Gasteiger partial charge in [-0.05, 0) is 26.2 Å². The Hall–Kier alpha value is -1.74. The lowest BCUT2D eigenvalue weighted by Gasteiger charge is -2.19. The van der Waals surface area contributed by atoms with Crippen molar-refractivity contribution in [2.24, 2.45) is 0 Å². The number of hydrogen-bond donors (Lipinski definition) is 1. The van der Waals surface area contributed by atoms with Gasteiger partial charge in [0.2, 0.25) is 0 Å². The molecule has 1 radical (unpaired) electrons. The number of phosphoric ester groups is 1. The molecule has 0 aliphatic carbocycles. The molecular weight excluding hydrogens is 623 g/mol. The quantitative estimate of drug-likeness (QED) is 0.0225. The van der Waals surface area contributed by atoms with Crippen LogP contribution in [0.2, 0.25) is 0 Å². The summed E-state index contributed by atoms with van der Waals surface area (Å²) in [7, 11) is -4.35. The minimum atomic E-state index is -4.35. The molecular formula is C36H66O10P. The van der Waals surface area contributed by atoms with Crippen molar-refractivity contribution in [2.45, 2.75) is 167 Å². The first-order chi connectivity index (χ1) is 22.7. The first kappa shape index (κ1) is 45.3. The zero-order valence-corrected chi connectivity index (χ0v) is 30.3. The Bertz CT molecular complexity index is 835. The predicted molar refractivity (Wildman–Crippen MR) is 186 cm³/mol. The molecule has 0 amide bonds. The Kier molecular flexibility index (Phi) is 31.6. The van der Waals surface area contributed by atoms with Gasteiger partial charge in [0.05, 0.1) is 19.8 Å². The summed E-state index contributed by atoms with van der Waals surface area (Å²) in [6.45, 7) is 8.43. The Labute approximate surface area is 285 Å². The van der Waals surface area contributed by atoms with Crippen molar-refractivity contribution in [3.8, 4) is 0 Å². The van der Waals surface area contributed by atoms with E-state index in [1.165, 1.54) is 70.3 Å². The van der Waals surface area contributed by atoms with E-state index < -0.39 is 32.5 Å². The highest BCUT2D eigenvalue weighted by atomic mass is 31.2. The summed E-state index contributed by atoms with van der Waals surface area (Å²) in [4.78, 5) is 45.4. The smallest absolute Gasteiger partial charge is 0.463 e. The normalized spacial score (nSPS) is 13.1. The maximum Gasteiger partial charge on any atom is 0.472 e. The molecule has 0 aromatic carbocycles. The average Bonchev–Trinajstić information content (AvgIpc) is 3.04. The van der Waals surface area contributed by atoms with Gasteiger partial charge in [0.25, 0.3) is 0 Å². The highest BCUT2D eigenvalue weighted by Gasteiger charge is 2.25. The molecule has 0 fully saturated rings. The van der Waals surface area contributed by atoms with Gasteiger partial charge < -0.3 is 19.1 Å². The van der Waals surface area contributed by atoms with Crippen LogP contribution in [-0.4, -0.2) is 55.3 Å². The Morgan fingerprint density at radius 2 is 1.09 bits per heavy atom. The Morgan fingerprint density at radius 1 is 0.638 bits per heavy atom. The molecule has 11 heteroatoms. The number of rotatable bonds is 35. The van der Waals surface area contributed by atoms with Gasteiger partial charge in [0, 0.05) is 18.9 Å². The van der Waals surface area contributed by atoms with Gasteiger partial charge in [-0.2, -0.15) is 0 Å². The van der Waals surface area contributed by atoms with Gasteiger partial charge in [-0.3, -0.25) is 18.6 Å². The fourth-order valence-electron chi connectivity index (χ4n) is 5.08. The molecule has 0 rings (SSSR count). The molecule has 0 bridgehead atoms. The molecule has 0 heterocycles. The number of phosphoric acid groups is 1. The number of hydrogen-bond acceptors (Lipinski definition) is 9. The summed E-state index contributed by atoms with van der Waals surface area (Å²) in [5.41, 5.74) is 0. The molecule has 2 atom stereocenters. The number of esters is 3. The van der Waals surface area contributed by atoms with Crippen LogP contribution in [0, 0.1) is 6.92 Å². The standard InChI is InChI=1S/C36H66O10P/c1-4-7-8-9-10-11-12-13-14-16-19-22-25-28-35(38)43-31-33(32-45-47(40,41)44-6-3)46-36(39)29-26-23-20-17-15-18-21-24-27-30-42-34(37)5-2/h5,33H,2-4,6-32H2,1H3,(H,40,41)/t33-/m1/s1. The first-order valence-electron chi connectivity index (χ1n) is 18.3. The molecule has 0 spiro atoms. The lowest BCUT2D eigenvalue weighted by Crippen LogP contribution is -2.29. The van der Waals surface area contributed by atoms with Crippen molar-refractivity contribution in [1.29, 1.82) is 0 Å². The van der Waals surface area contributed by atoms with Crippen LogP contribution in [0.3, 0.4) is 0 Å². The molecule has 10 nitrogen and oxygen atoms in total. The summed E-state index contributed by atoms with van der Waals surface area (Å²) >= 11 is 0. The van der Waals surface area contributed by atoms with Crippen LogP contribution in [0.5, 0.6) is 0 Å². The molecule has 1 unspecified atom stereocenters. The number of ether oxygens (including phenoxy) is 3. The molecule has 0 saturated carbocycles. The third-order valence-electron chi connectivity index (χ3n) is 7.83. The number of carbonyl (C=O) groups is 3. The van der Waals surface area contributed by atoms with Gasteiger partial charge >= 0.3 is 25.7 Å². The van der Waals surface area contributed by atoms with Crippen molar-refractivity contribution in [3.63, 3.8) is 0 Å². The summed E-state index contributed by atoms with van der Waals surface area (Å²) < 4.78 is 37.2. The third-order valence-corrected chi connectivity index (χ3v) is 8.81. The monoisotopic (exact) mass is 689 g/mol. The molecule has 0 aliphatic heterocycles. The highest BCUT2D eigenvalue weighted by molar-refractivity contribution is 7.47. The van der Waals surface area contributed by atoms with Crippen LogP contribution in [0.25, 0.3) is 0 Å². The zero-order chi connectivity index (χ0) is 34.9. The maximum absolute atomic E-state index is 12.5. The van der Waals surface area contributed by atoms with E-state index in [2.05, 4.69) is 25.0 Å². The van der Waals surface area contributed by atoms with Crippen LogP contribution in [0.15, 0.2) is 12.7 Å². The lowest BCUT2D eigenvalue weighted by atomic mass is 10.0. The lowest BCUT2D eigenvalue weighted by molar-refractivity contribution is -0.161. The highest BCUT2D eigenvalue weighted by Crippen LogP contribution is 2.43. The molecule has 0 aromatic rings. The molecule has 275 valence electrons. The van der Waals surface area contributed by atoms with Crippen molar-refractivity contribution in [2.75, 3.05) is 26.4 Å². The maximum atomic E-state index is 12.5. The molecule has 0 saturated heterocycles. The van der Waals surface area contributed by atoms with Gasteiger partial charge in [0.1, 0.15) is 6.61 Å². The number of carbonyl (C=O) groups excluding carboxylic acids is 3. The third kappa shape index (κ3) is 32.6. The van der Waals surface area contributed by atoms with E-state index in [1.807, 2.05) is 0 Å². The second-order valence-corrected chi connectivity index (χ2v) is 13.6. The summed E-state index contributed by atoms with van der Waals surface area (Å²) in [5, 5.41) is 0. The van der Waals surface area contributed by atoms with Gasteiger partial charge in [-0.15, -0.1) is 0 Å². The van der Waals surface area contributed by atoms with E-state index in [1.54, 1.807) is 0 Å². The second kappa shape index (κ2) is 32.8. The summed E-state index contributed by atoms with van der Waals surface area (Å²) in [5.74, 6) is -1.26. The molecule has 0 aromatic heterocycles. The van der Waals surface area contributed by atoms with Gasteiger partial charge in [-0.25, -0.2) is 9.36 Å². The van der Waals surface area contributed by atoms with Gasteiger partial charge in [0.15, 0.2) is 6.10 Å². The topological polar surface area (TPSA) is 135 Å². The number of unbranched alkanes of at least 4 members (excludes halogenated alkanes) is 20. The van der Waals surface area contributed by atoms with E-state index in [0.29, 0.717) is 13.0 Å². The van der Waals surface area contributed by atoms with E-state index in [-0.39, 0.29) is 32.0 Å². The van der Waals surface area contributed by atoms with Crippen LogP contribution in [0.1, 0.15) is 161 Å². The van der Waals surface area contributed by atoms with Crippen LogP contribution in [-0.2, 0) is 42.2 Å². The molecule has 0 aliphatic rings. The van der Waals surface area contributed by atoms with E-state index in [0.717, 1.165) is 70.6 Å². The fraction of sp³-hybridized carbons (Fsp3) is 0.833. The van der Waals surface area contributed by atoms with Gasteiger partial charge in [-0.1, -0.05) is 135 Å². The SMILES string of the molecule is [CH2]COP(=O)(O)OC[C@@H](COC(=O)CCCCCCCCCCCCCCC)OC(=O)CCCCCCCCCCCOC(=O)C=C. The van der Waals surface area contributed by atoms with Crippen molar-refractivity contribution in [1.82, 2.24) is 0 Å². The minimum absolute atomic E-state index is 0.193. The van der Waals surface area contributed by atoms with Crippen LogP contribution in [0.4, 0.5) is 0 Å². The summed E-state index contributed by atoms with van der Waals surface area (Å²) in [6, 6.07) is 0. The van der Waals surface area contributed by atoms with E-state index in [9.17, 15) is 23.8 Å². The second-order valence-electron chi connectivity index (χ2n) is 12.2. The Morgan fingerprint density at radius 3 is 1.55 bits per heavy atom. The minimum Gasteiger partial charge on any atom is -0.463 e. The van der Waals surface area contributed by atoms with Crippen molar-refractivity contribution >= 4 is 25.7 Å². The van der Waals surface area contributed by atoms with Crippen molar-refractivity contribution < 1.29 is 47.1 Å². The first-order valence-corrected chi connectivity index (χ1v) is 19.8. The van der Waals surface area contributed by atoms with Crippen molar-refractivity contribution in [3.05, 3.63) is 19.6 Å². The largest absolute Gasteiger partial charge is 0.472 e. The Balaban J connectivity index is 4.12. The molecule has 1 N–H and O–H groups in total. The predicted octanol–water partition coefficient (Wildman–Crippen LogP) is 9.52. The molecule has 47 heavy (non-hydrogen) atoms. The fourth-order valence-corrected chi connectivity index (χ4v) is 5.74.